The van der Waals surface area contributed by atoms with E-state index in [-0.39, 0.29) is 6.04 Å². The van der Waals surface area contributed by atoms with E-state index in [1.54, 1.807) is 0 Å². The summed E-state index contributed by atoms with van der Waals surface area (Å²) in [6, 6.07) is 8.51. The number of nitrogens with one attached hydrogen (secondary N) is 1. The number of aromatic nitrogens is 5. The molecule has 1 aromatic carbocycles. The van der Waals surface area contributed by atoms with Gasteiger partial charge in [0.05, 0.1) is 30.3 Å². The average Bonchev–Trinajstić information content (AvgIpc) is 3.26. The van der Waals surface area contributed by atoms with Gasteiger partial charge in [-0.1, -0.05) is 12.1 Å². The molecule has 0 bridgehead atoms. The van der Waals surface area contributed by atoms with Crippen LogP contribution in [0.1, 0.15) is 12.6 Å². The number of aryl methyl sites for hydroxylation is 2. The van der Waals surface area contributed by atoms with Crippen LogP contribution in [-0.2, 0) is 11.8 Å². The van der Waals surface area contributed by atoms with E-state index < -0.39 is 0 Å². The Hall–Kier alpha value is -2.93. The zero-order chi connectivity index (χ0) is 18.5. The van der Waals surface area contributed by atoms with Crippen molar-refractivity contribution < 1.29 is 4.74 Å². The highest BCUT2D eigenvalue weighted by molar-refractivity contribution is 5.96. The van der Waals surface area contributed by atoms with Gasteiger partial charge >= 0.3 is 0 Å². The Balaban J connectivity index is 1.79. The molecule has 0 saturated carbocycles. The van der Waals surface area contributed by atoms with Gasteiger partial charge in [-0.3, -0.25) is 4.68 Å². The van der Waals surface area contributed by atoms with Crippen LogP contribution in [-0.4, -0.2) is 50.5 Å². The topological polar surface area (TPSA) is 71.9 Å². The summed E-state index contributed by atoms with van der Waals surface area (Å²) in [7, 11) is 1.94. The lowest BCUT2D eigenvalue weighted by Crippen LogP contribution is -2.44. The number of anilines is 1. The molecule has 0 spiro atoms. The molecule has 4 heterocycles. The van der Waals surface area contributed by atoms with Crippen LogP contribution >= 0.6 is 0 Å². The highest BCUT2D eigenvalue weighted by atomic mass is 16.5. The van der Waals surface area contributed by atoms with Gasteiger partial charge in [-0.05, 0) is 26.0 Å². The van der Waals surface area contributed by atoms with E-state index in [0.29, 0.717) is 13.2 Å². The van der Waals surface area contributed by atoms with Gasteiger partial charge in [-0.25, -0.2) is 9.97 Å². The normalized spacial score (nSPS) is 17.9. The molecule has 3 aromatic heterocycles. The summed E-state index contributed by atoms with van der Waals surface area (Å²) in [5, 5.41) is 6.75. The molecule has 4 aromatic rings. The molecule has 0 aliphatic carbocycles. The van der Waals surface area contributed by atoms with Gasteiger partial charge < -0.3 is 14.6 Å². The number of aromatic amines is 1. The second-order valence-electron chi connectivity index (χ2n) is 7.14. The standard InChI is InChI=1S/C20H22N6O/c1-12-11-27-10-9-26(12)20-17-13(2)24-25(3)19(17)22-18(23-20)15-5-4-6-16-14(15)7-8-21-16/h4-8,12,21H,9-11H2,1-3H3/t12-/m1/s1. The van der Waals surface area contributed by atoms with Crippen LogP contribution in [0.4, 0.5) is 5.82 Å². The van der Waals surface area contributed by atoms with Crippen molar-refractivity contribution in [3.05, 3.63) is 36.2 Å². The van der Waals surface area contributed by atoms with Gasteiger partial charge in [-0.15, -0.1) is 0 Å². The Labute approximate surface area is 157 Å². The SMILES string of the molecule is Cc1nn(C)c2nc(-c3cccc4[nH]ccc34)nc(N3CCOC[C@H]3C)c12. The lowest BCUT2D eigenvalue weighted by molar-refractivity contribution is 0.0987. The molecule has 0 amide bonds. The van der Waals surface area contributed by atoms with E-state index in [4.69, 9.17) is 14.7 Å². The molecular formula is C20H22N6O. The summed E-state index contributed by atoms with van der Waals surface area (Å²) in [6.45, 7) is 6.42. The van der Waals surface area contributed by atoms with E-state index in [1.807, 2.05) is 30.9 Å². The molecule has 5 rings (SSSR count). The first kappa shape index (κ1) is 16.3. The van der Waals surface area contributed by atoms with Gasteiger partial charge in [0, 0.05) is 36.3 Å². The average molecular weight is 362 g/mol. The Morgan fingerprint density at radius 3 is 2.96 bits per heavy atom. The van der Waals surface area contributed by atoms with Crippen LogP contribution in [0.15, 0.2) is 30.5 Å². The Morgan fingerprint density at radius 1 is 1.22 bits per heavy atom. The van der Waals surface area contributed by atoms with Crippen molar-refractivity contribution in [3.8, 4) is 11.4 Å². The van der Waals surface area contributed by atoms with Gasteiger partial charge in [0.25, 0.3) is 0 Å². The Morgan fingerprint density at radius 2 is 2.11 bits per heavy atom. The van der Waals surface area contributed by atoms with Crippen LogP contribution < -0.4 is 4.90 Å². The van der Waals surface area contributed by atoms with Crippen molar-refractivity contribution >= 4 is 27.8 Å². The smallest absolute Gasteiger partial charge is 0.164 e. The van der Waals surface area contributed by atoms with Crippen molar-refractivity contribution in [3.63, 3.8) is 0 Å². The van der Waals surface area contributed by atoms with Crippen LogP contribution in [0.25, 0.3) is 33.3 Å². The zero-order valence-corrected chi connectivity index (χ0v) is 15.7. The van der Waals surface area contributed by atoms with E-state index in [2.05, 4.69) is 40.1 Å². The number of benzene rings is 1. The highest BCUT2D eigenvalue weighted by Crippen LogP contribution is 2.33. The number of fused-ring (bicyclic) bond motifs is 2. The number of hydrogen-bond donors (Lipinski definition) is 1. The maximum absolute atomic E-state index is 5.63. The largest absolute Gasteiger partial charge is 0.377 e. The number of ether oxygens (including phenoxy) is 1. The first-order chi connectivity index (χ1) is 13.1. The summed E-state index contributed by atoms with van der Waals surface area (Å²) in [4.78, 5) is 15.5. The van der Waals surface area contributed by atoms with Crippen molar-refractivity contribution in [2.24, 2.45) is 7.05 Å². The Bertz CT molecular complexity index is 1140. The molecule has 1 saturated heterocycles. The van der Waals surface area contributed by atoms with Crippen molar-refractivity contribution in [2.45, 2.75) is 19.9 Å². The third-order valence-corrected chi connectivity index (χ3v) is 5.31. The lowest BCUT2D eigenvalue weighted by atomic mass is 10.1. The molecule has 0 unspecified atom stereocenters. The second kappa shape index (κ2) is 6.06. The molecule has 1 aliphatic heterocycles. The monoisotopic (exact) mass is 362 g/mol. The summed E-state index contributed by atoms with van der Waals surface area (Å²) in [6.07, 6.45) is 1.95. The molecule has 1 fully saturated rings. The lowest BCUT2D eigenvalue weighted by Gasteiger charge is -2.34. The number of nitrogens with zero attached hydrogens (tertiary/aromatic N) is 5. The molecule has 1 atom stereocenters. The van der Waals surface area contributed by atoms with Crippen LogP contribution in [0.5, 0.6) is 0 Å². The molecule has 27 heavy (non-hydrogen) atoms. The van der Waals surface area contributed by atoms with Gasteiger partial charge in [-0.2, -0.15) is 5.10 Å². The van der Waals surface area contributed by atoms with Gasteiger partial charge in [0.1, 0.15) is 5.82 Å². The number of morpholine rings is 1. The van der Waals surface area contributed by atoms with Gasteiger partial charge in [0.15, 0.2) is 11.5 Å². The Kier molecular flexibility index (Phi) is 3.65. The fraction of sp³-hybridized carbons (Fsp3) is 0.350. The third-order valence-electron chi connectivity index (χ3n) is 5.31. The highest BCUT2D eigenvalue weighted by Gasteiger charge is 2.26. The quantitative estimate of drug-likeness (QED) is 0.593. The molecule has 1 aliphatic rings. The first-order valence-corrected chi connectivity index (χ1v) is 9.25. The van der Waals surface area contributed by atoms with E-state index in [9.17, 15) is 0 Å². The minimum atomic E-state index is 0.257. The van der Waals surface area contributed by atoms with E-state index in [0.717, 1.165) is 51.4 Å². The minimum absolute atomic E-state index is 0.257. The second-order valence-corrected chi connectivity index (χ2v) is 7.14. The van der Waals surface area contributed by atoms with Crippen molar-refractivity contribution in [1.82, 2.24) is 24.7 Å². The molecule has 138 valence electrons. The minimum Gasteiger partial charge on any atom is -0.377 e. The third kappa shape index (κ3) is 2.49. The van der Waals surface area contributed by atoms with Crippen LogP contribution in [0.3, 0.4) is 0 Å². The predicted octanol–water partition coefficient (Wildman–Crippen LogP) is 3.05. The van der Waals surface area contributed by atoms with Gasteiger partial charge in [0.2, 0.25) is 0 Å². The maximum Gasteiger partial charge on any atom is 0.164 e. The predicted molar refractivity (Wildman–Crippen MR) is 106 cm³/mol. The fourth-order valence-electron chi connectivity index (χ4n) is 3.97. The first-order valence-electron chi connectivity index (χ1n) is 9.25. The van der Waals surface area contributed by atoms with E-state index >= 15 is 0 Å². The number of H-pyrrole nitrogens is 1. The van der Waals surface area contributed by atoms with Crippen molar-refractivity contribution in [2.75, 3.05) is 24.7 Å². The van der Waals surface area contributed by atoms with Crippen LogP contribution in [0.2, 0.25) is 0 Å². The number of hydrogen-bond acceptors (Lipinski definition) is 5. The zero-order valence-electron chi connectivity index (χ0n) is 15.7. The molecule has 7 heteroatoms. The van der Waals surface area contributed by atoms with Crippen molar-refractivity contribution in [1.29, 1.82) is 0 Å². The van der Waals surface area contributed by atoms with Crippen LogP contribution in [0, 0.1) is 6.92 Å². The molecule has 0 radical (unpaired) electrons. The van der Waals surface area contributed by atoms with E-state index in [1.165, 1.54) is 0 Å². The fourth-order valence-corrected chi connectivity index (χ4v) is 3.97. The summed E-state index contributed by atoms with van der Waals surface area (Å²) in [5.74, 6) is 1.67. The summed E-state index contributed by atoms with van der Waals surface area (Å²) >= 11 is 0. The molecule has 7 nitrogen and oxygen atoms in total. The number of rotatable bonds is 2. The summed E-state index contributed by atoms with van der Waals surface area (Å²) in [5.41, 5.74) is 3.92. The molecular weight excluding hydrogens is 340 g/mol. The maximum atomic E-state index is 5.63. The molecule has 1 N–H and O–H groups in total. The summed E-state index contributed by atoms with van der Waals surface area (Å²) < 4.78 is 7.48.